The molecule has 2 aliphatic rings. The zero-order valence-corrected chi connectivity index (χ0v) is 14.1. The number of hydrogen-bond acceptors (Lipinski definition) is 4. The Kier molecular flexibility index (Phi) is 6.49. The summed E-state index contributed by atoms with van der Waals surface area (Å²) in [5.74, 6) is -2.02. The van der Waals surface area contributed by atoms with Crippen molar-refractivity contribution in [2.24, 2.45) is 5.92 Å². The molecule has 6 nitrogen and oxygen atoms in total. The van der Waals surface area contributed by atoms with Gasteiger partial charge in [0.1, 0.15) is 5.60 Å². The smallest absolute Gasteiger partial charge is 0.475 e. The van der Waals surface area contributed by atoms with E-state index in [1.54, 1.807) is 0 Å². The van der Waals surface area contributed by atoms with Crippen LogP contribution in [0.2, 0.25) is 0 Å². The number of carbonyl (C=O) groups is 2. The first-order valence-electron chi connectivity index (χ1n) is 7.88. The maximum absolute atomic E-state index is 11.6. The third kappa shape index (κ3) is 6.18. The highest BCUT2D eigenvalue weighted by Gasteiger charge is 2.46. The molecule has 1 amide bonds. The molecule has 2 unspecified atom stereocenters. The van der Waals surface area contributed by atoms with Gasteiger partial charge in [-0.2, -0.15) is 13.2 Å². The number of nitrogens with one attached hydrogen (secondary N) is 2. The van der Waals surface area contributed by atoms with Crippen LogP contribution in [0.4, 0.5) is 18.0 Å². The van der Waals surface area contributed by atoms with Crippen molar-refractivity contribution < 1.29 is 32.6 Å². The van der Waals surface area contributed by atoms with E-state index in [2.05, 4.69) is 10.6 Å². The van der Waals surface area contributed by atoms with Crippen LogP contribution in [0.25, 0.3) is 0 Å². The van der Waals surface area contributed by atoms with E-state index in [1.807, 2.05) is 20.8 Å². The van der Waals surface area contributed by atoms with Gasteiger partial charge in [-0.3, -0.25) is 0 Å². The van der Waals surface area contributed by atoms with E-state index in [4.69, 9.17) is 14.6 Å². The van der Waals surface area contributed by atoms with Crippen LogP contribution in [-0.2, 0) is 9.53 Å². The average Bonchev–Trinajstić information content (AvgIpc) is 2.93. The summed E-state index contributed by atoms with van der Waals surface area (Å²) in [6.45, 7) is 7.44. The molecule has 1 saturated heterocycles. The number of fused-ring (bicyclic) bond motifs is 1. The van der Waals surface area contributed by atoms with Crippen LogP contribution in [0.5, 0.6) is 0 Å². The number of hydrogen-bond donors (Lipinski definition) is 3. The summed E-state index contributed by atoms with van der Waals surface area (Å²) in [4.78, 5) is 20.5. The number of amides is 1. The number of halogens is 3. The lowest BCUT2D eigenvalue weighted by atomic mass is 9.89. The number of aliphatic carboxylic acids is 1. The van der Waals surface area contributed by atoms with E-state index in [1.165, 1.54) is 25.7 Å². The lowest BCUT2D eigenvalue weighted by molar-refractivity contribution is -0.192. The molecule has 0 radical (unpaired) electrons. The molecule has 140 valence electrons. The maximum atomic E-state index is 11.6. The summed E-state index contributed by atoms with van der Waals surface area (Å²) in [6.07, 6.45) is -0.397. The molecule has 1 aliphatic heterocycles. The average molecular weight is 354 g/mol. The molecule has 0 bridgehead atoms. The molecule has 2 rings (SSSR count). The van der Waals surface area contributed by atoms with Gasteiger partial charge in [0.2, 0.25) is 0 Å². The van der Waals surface area contributed by atoms with Gasteiger partial charge in [-0.05, 0) is 52.5 Å². The topological polar surface area (TPSA) is 87.7 Å². The third-order valence-electron chi connectivity index (χ3n) is 4.12. The second-order valence-electron chi connectivity index (χ2n) is 7.12. The lowest BCUT2D eigenvalue weighted by Gasteiger charge is -2.30. The lowest BCUT2D eigenvalue weighted by Crippen LogP contribution is -2.51. The van der Waals surface area contributed by atoms with Gasteiger partial charge in [0, 0.05) is 12.1 Å². The Morgan fingerprint density at radius 3 is 2.38 bits per heavy atom. The molecule has 1 saturated carbocycles. The van der Waals surface area contributed by atoms with Crippen molar-refractivity contribution in [3.63, 3.8) is 0 Å². The van der Waals surface area contributed by atoms with Crippen molar-refractivity contribution in [1.82, 2.24) is 10.6 Å². The van der Waals surface area contributed by atoms with E-state index >= 15 is 0 Å². The van der Waals surface area contributed by atoms with E-state index in [0.29, 0.717) is 6.54 Å². The quantitative estimate of drug-likeness (QED) is 0.710. The van der Waals surface area contributed by atoms with Crippen LogP contribution in [-0.4, -0.2) is 47.6 Å². The highest BCUT2D eigenvalue weighted by Crippen LogP contribution is 2.40. The number of ether oxygens (including phenoxy) is 1. The van der Waals surface area contributed by atoms with Crippen LogP contribution < -0.4 is 10.6 Å². The molecule has 3 N–H and O–H groups in total. The number of alkyl carbamates (subject to hydrolysis) is 1. The van der Waals surface area contributed by atoms with Gasteiger partial charge in [0.25, 0.3) is 0 Å². The van der Waals surface area contributed by atoms with Gasteiger partial charge in [-0.1, -0.05) is 6.42 Å². The molecular formula is C15H25F3N2O4. The number of carboxylic acid groups (broad SMARTS) is 1. The summed E-state index contributed by atoms with van der Waals surface area (Å²) in [6, 6.07) is 0. The molecule has 2 fully saturated rings. The Morgan fingerprint density at radius 2 is 1.88 bits per heavy atom. The van der Waals surface area contributed by atoms with Crippen molar-refractivity contribution >= 4 is 12.1 Å². The van der Waals surface area contributed by atoms with Gasteiger partial charge in [0.05, 0.1) is 0 Å². The second kappa shape index (κ2) is 7.58. The molecule has 0 spiro atoms. The number of alkyl halides is 3. The van der Waals surface area contributed by atoms with Crippen LogP contribution in [0.1, 0.15) is 46.5 Å². The standard InChI is InChI=1S/C13H24N2O2.C2HF3O2/c1-12(2,3)17-11(16)14-9-13-7-4-5-10(13)6-8-15-13;3-2(4,5)1(6)7/h10,15H,4-9H2,1-3H3,(H,14,16);(H,6,7). The molecule has 24 heavy (non-hydrogen) atoms. The van der Waals surface area contributed by atoms with Gasteiger partial charge < -0.3 is 20.5 Å². The molecule has 0 aromatic carbocycles. The first-order chi connectivity index (χ1) is 10.9. The van der Waals surface area contributed by atoms with Gasteiger partial charge in [-0.15, -0.1) is 0 Å². The van der Waals surface area contributed by atoms with Crippen molar-refractivity contribution in [3.8, 4) is 0 Å². The number of rotatable bonds is 2. The second-order valence-corrected chi connectivity index (χ2v) is 7.12. The van der Waals surface area contributed by atoms with E-state index in [9.17, 15) is 18.0 Å². The molecule has 0 aromatic rings. The van der Waals surface area contributed by atoms with Crippen LogP contribution in [0.3, 0.4) is 0 Å². The SMILES string of the molecule is CC(C)(C)OC(=O)NCC12CCCC1CCN2.O=C(O)C(F)(F)F. The monoisotopic (exact) mass is 354 g/mol. The van der Waals surface area contributed by atoms with Crippen molar-refractivity contribution in [3.05, 3.63) is 0 Å². The largest absolute Gasteiger partial charge is 0.490 e. The number of carboxylic acids is 1. The zero-order valence-electron chi connectivity index (χ0n) is 14.1. The Balaban J connectivity index is 0.000000351. The number of carbonyl (C=O) groups excluding carboxylic acids is 1. The van der Waals surface area contributed by atoms with E-state index < -0.39 is 17.7 Å². The maximum Gasteiger partial charge on any atom is 0.490 e. The Labute approximate surface area is 139 Å². The normalized spacial score (nSPS) is 26.2. The first kappa shape index (κ1) is 20.5. The van der Waals surface area contributed by atoms with Crippen molar-refractivity contribution in [2.75, 3.05) is 13.1 Å². The molecule has 0 aromatic heterocycles. The fourth-order valence-corrected chi connectivity index (χ4v) is 3.13. The zero-order chi connectivity index (χ0) is 18.6. The minimum Gasteiger partial charge on any atom is -0.475 e. The van der Waals surface area contributed by atoms with Gasteiger partial charge in [0.15, 0.2) is 0 Å². The Hall–Kier alpha value is -1.51. The van der Waals surface area contributed by atoms with Crippen LogP contribution in [0, 0.1) is 5.92 Å². The summed E-state index contributed by atoms with van der Waals surface area (Å²) in [5, 5.41) is 13.6. The minimum absolute atomic E-state index is 0.150. The minimum atomic E-state index is -5.08. The summed E-state index contributed by atoms with van der Waals surface area (Å²) >= 11 is 0. The first-order valence-corrected chi connectivity index (χ1v) is 7.88. The van der Waals surface area contributed by atoms with Crippen molar-refractivity contribution in [2.45, 2.75) is 63.8 Å². The fourth-order valence-electron chi connectivity index (χ4n) is 3.13. The molecule has 1 heterocycles. The molecule has 1 aliphatic carbocycles. The third-order valence-corrected chi connectivity index (χ3v) is 4.12. The molecule has 2 atom stereocenters. The predicted octanol–water partition coefficient (Wildman–Crippen LogP) is 2.68. The predicted molar refractivity (Wildman–Crippen MR) is 80.6 cm³/mol. The molecular weight excluding hydrogens is 329 g/mol. The van der Waals surface area contributed by atoms with E-state index in [-0.39, 0.29) is 11.6 Å². The van der Waals surface area contributed by atoms with Crippen LogP contribution >= 0.6 is 0 Å². The molecule has 9 heteroatoms. The summed E-state index contributed by atoms with van der Waals surface area (Å²) in [7, 11) is 0. The fraction of sp³-hybridized carbons (Fsp3) is 0.867. The highest BCUT2D eigenvalue weighted by molar-refractivity contribution is 5.73. The summed E-state index contributed by atoms with van der Waals surface area (Å²) in [5.41, 5.74) is -0.267. The summed E-state index contributed by atoms with van der Waals surface area (Å²) < 4.78 is 37.0. The van der Waals surface area contributed by atoms with Gasteiger partial charge >= 0.3 is 18.2 Å². The Bertz CT molecular complexity index is 451. The Morgan fingerprint density at radius 1 is 1.29 bits per heavy atom. The van der Waals surface area contributed by atoms with Gasteiger partial charge in [-0.25, -0.2) is 9.59 Å². The van der Waals surface area contributed by atoms with E-state index in [0.717, 1.165) is 12.5 Å². The highest BCUT2D eigenvalue weighted by atomic mass is 19.4. The van der Waals surface area contributed by atoms with Crippen LogP contribution in [0.15, 0.2) is 0 Å². The van der Waals surface area contributed by atoms with Crippen molar-refractivity contribution in [1.29, 1.82) is 0 Å².